The Balaban J connectivity index is 1.99. The van der Waals surface area contributed by atoms with E-state index in [1.165, 1.54) is 0 Å². The van der Waals surface area contributed by atoms with Gasteiger partial charge >= 0.3 is 0 Å². The van der Waals surface area contributed by atoms with E-state index >= 15 is 0 Å². The fourth-order valence-corrected chi connectivity index (χ4v) is 5.71. The molecule has 0 aromatic heterocycles. The predicted molar refractivity (Wildman–Crippen MR) is 112 cm³/mol. The SMILES string of the molecule is CCNC(=O)c1ccc(N2CCC(C)CC2)c(S(=O)(=O)N2CCC(C)CC2)c1. The van der Waals surface area contributed by atoms with Gasteiger partial charge in [-0.1, -0.05) is 13.8 Å². The highest BCUT2D eigenvalue weighted by Crippen LogP contribution is 2.33. The molecule has 0 saturated carbocycles. The molecule has 2 heterocycles. The largest absolute Gasteiger partial charge is 0.370 e. The lowest BCUT2D eigenvalue weighted by Gasteiger charge is -2.35. The van der Waals surface area contributed by atoms with Crippen molar-refractivity contribution in [1.29, 1.82) is 0 Å². The van der Waals surface area contributed by atoms with Gasteiger partial charge in [-0.25, -0.2) is 8.42 Å². The van der Waals surface area contributed by atoms with Crippen molar-refractivity contribution in [2.75, 3.05) is 37.6 Å². The molecule has 0 spiro atoms. The van der Waals surface area contributed by atoms with Crippen molar-refractivity contribution < 1.29 is 13.2 Å². The third kappa shape index (κ3) is 4.51. The molecule has 2 fully saturated rings. The second-order valence-corrected chi connectivity index (χ2v) is 10.2. The van der Waals surface area contributed by atoms with Gasteiger partial charge in [-0.05, 0) is 62.6 Å². The number of amides is 1. The highest BCUT2D eigenvalue weighted by molar-refractivity contribution is 7.89. The molecule has 156 valence electrons. The van der Waals surface area contributed by atoms with E-state index in [4.69, 9.17) is 0 Å². The van der Waals surface area contributed by atoms with Crippen LogP contribution in [0.25, 0.3) is 0 Å². The smallest absolute Gasteiger partial charge is 0.251 e. The number of carbonyl (C=O) groups excluding carboxylic acids is 1. The molecule has 2 aliphatic rings. The first-order valence-corrected chi connectivity index (χ1v) is 11.9. The van der Waals surface area contributed by atoms with E-state index in [9.17, 15) is 13.2 Å². The Kier molecular flexibility index (Phi) is 6.65. The van der Waals surface area contributed by atoms with Crippen molar-refractivity contribution in [3.63, 3.8) is 0 Å². The second kappa shape index (κ2) is 8.82. The van der Waals surface area contributed by atoms with E-state index in [1.807, 2.05) is 13.0 Å². The zero-order chi connectivity index (χ0) is 20.3. The number of hydrogen-bond acceptors (Lipinski definition) is 4. The van der Waals surface area contributed by atoms with E-state index in [-0.39, 0.29) is 10.8 Å². The van der Waals surface area contributed by atoms with Gasteiger partial charge in [0, 0.05) is 38.3 Å². The van der Waals surface area contributed by atoms with Crippen molar-refractivity contribution in [1.82, 2.24) is 9.62 Å². The molecule has 1 N–H and O–H groups in total. The average Bonchev–Trinajstić information content (AvgIpc) is 2.69. The van der Waals surface area contributed by atoms with E-state index in [2.05, 4.69) is 24.1 Å². The number of hydrogen-bond donors (Lipinski definition) is 1. The molecule has 1 amide bonds. The second-order valence-electron chi connectivity index (χ2n) is 8.30. The molecule has 0 atom stereocenters. The maximum absolute atomic E-state index is 13.5. The zero-order valence-corrected chi connectivity index (χ0v) is 18.1. The first kappa shape index (κ1) is 21.1. The summed E-state index contributed by atoms with van der Waals surface area (Å²) in [7, 11) is -3.64. The molecule has 1 aromatic rings. The predicted octanol–water partition coefficient (Wildman–Crippen LogP) is 3.09. The van der Waals surface area contributed by atoms with Crippen molar-refractivity contribution in [3.8, 4) is 0 Å². The molecule has 0 bridgehead atoms. The van der Waals surface area contributed by atoms with Crippen LogP contribution in [-0.2, 0) is 10.0 Å². The van der Waals surface area contributed by atoms with Crippen LogP contribution in [0.4, 0.5) is 5.69 Å². The Morgan fingerprint density at radius 2 is 1.61 bits per heavy atom. The molecule has 0 aliphatic carbocycles. The van der Waals surface area contributed by atoms with Gasteiger partial charge in [0.2, 0.25) is 10.0 Å². The number of nitrogens with one attached hydrogen (secondary N) is 1. The summed E-state index contributed by atoms with van der Waals surface area (Å²) in [5, 5.41) is 2.77. The number of anilines is 1. The molecular formula is C21H33N3O3S. The zero-order valence-electron chi connectivity index (χ0n) is 17.3. The molecule has 1 aromatic carbocycles. The molecule has 2 aliphatic heterocycles. The Morgan fingerprint density at radius 3 is 2.18 bits per heavy atom. The summed E-state index contributed by atoms with van der Waals surface area (Å²) in [5.74, 6) is 0.982. The average molecular weight is 408 g/mol. The molecule has 0 radical (unpaired) electrons. The number of carbonyl (C=O) groups is 1. The minimum Gasteiger partial charge on any atom is -0.370 e. The van der Waals surface area contributed by atoms with Gasteiger partial charge in [-0.15, -0.1) is 0 Å². The Labute approximate surface area is 169 Å². The summed E-state index contributed by atoms with van der Waals surface area (Å²) in [6.07, 6.45) is 3.87. The fraction of sp³-hybridized carbons (Fsp3) is 0.667. The minimum absolute atomic E-state index is 0.231. The minimum atomic E-state index is -3.64. The lowest BCUT2D eigenvalue weighted by atomic mass is 9.98. The molecule has 0 unspecified atom stereocenters. The van der Waals surface area contributed by atoms with Crippen molar-refractivity contribution in [2.24, 2.45) is 11.8 Å². The van der Waals surface area contributed by atoms with Crippen molar-refractivity contribution in [3.05, 3.63) is 23.8 Å². The summed E-state index contributed by atoms with van der Waals surface area (Å²) < 4.78 is 28.6. The third-order valence-corrected chi connectivity index (χ3v) is 7.97. The maximum Gasteiger partial charge on any atom is 0.251 e. The van der Waals surface area contributed by atoms with Gasteiger partial charge < -0.3 is 10.2 Å². The summed E-state index contributed by atoms with van der Waals surface area (Å²) in [5.41, 5.74) is 1.14. The molecule has 6 nitrogen and oxygen atoms in total. The van der Waals surface area contributed by atoms with Gasteiger partial charge in [0.05, 0.1) is 5.69 Å². The Bertz CT molecular complexity index is 793. The van der Waals surface area contributed by atoms with Gasteiger partial charge in [0.25, 0.3) is 5.91 Å². The van der Waals surface area contributed by atoms with Gasteiger partial charge in [0.15, 0.2) is 0 Å². The van der Waals surface area contributed by atoms with Crippen LogP contribution in [-0.4, -0.2) is 51.4 Å². The summed E-state index contributed by atoms with van der Waals surface area (Å²) in [6, 6.07) is 5.14. The lowest BCUT2D eigenvalue weighted by molar-refractivity contribution is 0.0955. The highest BCUT2D eigenvalue weighted by Gasteiger charge is 2.32. The molecule has 7 heteroatoms. The van der Waals surface area contributed by atoms with E-state index in [0.717, 1.165) is 44.5 Å². The first-order valence-electron chi connectivity index (χ1n) is 10.5. The first-order chi connectivity index (χ1) is 13.3. The summed E-state index contributed by atoms with van der Waals surface area (Å²) in [4.78, 5) is 14.8. The fourth-order valence-electron chi connectivity index (χ4n) is 4.00. The topological polar surface area (TPSA) is 69.7 Å². The van der Waals surface area contributed by atoms with Crippen LogP contribution in [0.2, 0.25) is 0 Å². The van der Waals surface area contributed by atoms with Crippen LogP contribution in [0.1, 0.15) is 56.8 Å². The van der Waals surface area contributed by atoms with Gasteiger partial charge in [0.1, 0.15) is 4.90 Å². The maximum atomic E-state index is 13.5. The third-order valence-electron chi connectivity index (χ3n) is 6.04. The molecule has 3 rings (SSSR count). The highest BCUT2D eigenvalue weighted by atomic mass is 32.2. The van der Waals surface area contributed by atoms with Crippen LogP contribution >= 0.6 is 0 Å². The molecule has 2 saturated heterocycles. The van der Waals surface area contributed by atoms with Crippen LogP contribution in [0.15, 0.2) is 23.1 Å². The number of rotatable bonds is 5. The number of nitrogens with zero attached hydrogens (tertiary/aromatic N) is 2. The normalized spacial score (nSPS) is 20.3. The van der Waals surface area contributed by atoms with Crippen LogP contribution in [0.3, 0.4) is 0 Å². The number of benzene rings is 1. The van der Waals surface area contributed by atoms with Crippen molar-refractivity contribution in [2.45, 2.75) is 51.3 Å². The molecular weight excluding hydrogens is 374 g/mol. The monoisotopic (exact) mass is 407 g/mol. The van der Waals surface area contributed by atoms with Crippen LogP contribution < -0.4 is 10.2 Å². The van der Waals surface area contributed by atoms with E-state index in [1.54, 1.807) is 16.4 Å². The van der Waals surface area contributed by atoms with E-state index < -0.39 is 10.0 Å². The Hall–Kier alpha value is -1.60. The van der Waals surface area contributed by atoms with Crippen LogP contribution in [0, 0.1) is 11.8 Å². The van der Waals surface area contributed by atoms with E-state index in [0.29, 0.717) is 37.0 Å². The summed E-state index contributed by atoms with van der Waals surface area (Å²) >= 11 is 0. The van der Waals surface area contributed by atoms with Crippen LogP contribution in [0.5, 0.6) is 0 Å². The quantitative estimate of drug-likeness (QED) is 0.814. The lowest BCUT2D eigenvalue weighted by Crippen LogP contribution is -2.40. The number of sulfonamides is 1. The standard InChI is InChI=1S/C21H33N3O3S/c1-4-22-21(25)18-5-6-19(23-11-7-16(2)8-12-23)20(15-18)28(26,27)24-13-9-17(3)10-14-24/h5-6,15-17H,4,7-14H2,1-3H3,(H,22,25). The van der Waals surface area contributed by atoms with Gasteiger partial charge in [-0.2, -0.15) is 4.31 Å². The van der Waals surface area contributed by atoms with Gasteiger partial charge in [-0.3, -0.25) is 4.79 Å². The summed E-state index contributed by atoms with van der Waals surface area (Å²) in [6.45, 7) is 9.56. The molecule has 28 heavy (non-hydrogen) atoms. The van der Waals surface area contributed by atoms with Crippen molar-refractivity contribution >= 4 is 21.6 Å². The Morgan fingerprint density at radius 1 is 1.04 bits per heavy atom. The number of piperidine rings is 2.